The molecule has 0 radical (unpaired) electrons. The molecule has 1 aromatic carbocycles. The second kappa shape index (κ2) is 6.34. The van der Waals surface area contributed by atoms with Crippen LogP contribution in [0.2, 0.25) is 5.02 Å². The molecular weight excluding hydrogens is 278 g/mol. The summed E-state index contributed by atoms with van der Waals surface area (Å²) in [5.74, 6) is -0.336. The van der Waals surface area contributed by atoms with E-state index in [-0.39, 0.29) is 6.42 Å². The number of aromatic nitrogens is 2. The van der Waals surface area contributed by atoms with E-state index in [2.05, 4.69) is 5.10 Å². The molecule has 1 heterocycles. The number of carboxylic acid groups (broad SMARTS) is 1. The summed E-state index contributed by atoms with van der Waals surface area (Å²) in [6, 6.07) is 10.9. The first-order chi connectivity index (χ1) is 9.58. The van der Waals surface area contributed by atoms with Crippen LogP contribution in [-0.4, -0.2) is 16.2 Å². The molecule has 104 valence electrons. The predicted molar refractivity (Wildman–Crippen MR) is 76.2 cm³/mol. The Kier molecular flexibility index (Phi) is 4.53. The normalized spacial score (nSPS) is 10.4. The van der Waals surface area contributed by atoms with Crippen molar-refractivity contribution in [2.24, 2.45) is 0 Å². The van der Waals surface area contributed by atoms with Crippen LogP contribution in [0.3, 0.4) is 0 Å². The summed E-state index contributed by atoms with van der Waals surface area (Å²) < 4.78 is 1.60. The van der Waals surface area contributed by atoms with Gasteiger partial charge >= 0.3 is 5.97 Å². The third-order valence-corrected chi connectivity index (χ3v) is 3.18. The fourth-order valence-electron chi connectivity index (χ4n) is 1.84. The maximum atomic E-state index is 10.5. The van der Waals surface area contributed by atoms with E-state index in [1.165, 1.54) is 0 Å². The maximum Gasteiger partial charge on any atom is 0.303 e. The predicted octanol–water partition coefficient (Wildman–Crippen LogP) is 2.14. The summed E-state index contributed by atoms with van der Waals surface area (Å²) >= 11 is 6.14. The second-order valence-electron chi connectivity index (χ2n) is 4.34. The van der Waals surface area contributed by atoms with Crippen LogP contribution in [0, 0.1) is 0 Å². The van der Waals surface area contributed by atoms with Crippen LogP contribution in [0.15, 0.2) is 36.4 Å². The highest BCUT2D eigenvalue weighted by Gasteiger charge is 2.12. The Balaban J connectivity index is 2.24. The summed E-state index contributed by atoms with van der Waals surface area (Å²) in [7, 11) is 0. The van der Waals surface area contributed by atoms with E-state index < -0.39 is 5.97 Å². The Morgan fingerprint density at radius 2 is 2.05 bits per heavy atom. The van der Waals surface area contributed by atoms with Gasteiger partial charge in [0, 0.05) is 18.1 Å². The molecule has 0 aliphatic carbocycles. The second-order valence-corrected chi connectivity index (χ2v) is 4.75. The molecule has 1 aromatic heterocycles. The van der Waals surface area contributed by atoms with Crippen LogP contribution in [-0.2, 0) is 11.3 Å². The molecular formula is C14H15ClN3O2+. The molecule has 3 N–H and O–H groups in total. The molecule has 0 aliphatic heterocycles. The van der Waals surface area contributed by atoms with Gasteiger partial charge in [0.2, 0.25) is 0 Å². The number of aryl methyl sites for hydroxylation is 1. The molecule has 0 saturated heterocycles. The first kappa shape index (κ1) is 14.3. The standard InChI is InChI=1S/C14H14ClN3O2/c15-11-5-2-1-4-10(11)12-7-8-13(16)18(17-12)9-3-6-14(19)20/h1-2,4-5,7-8,16H,3,6,9H2,(H,19,20)/p+1. The topological polar surface area (TPSA) is 80.1 Å². The Hall–Kier alpha value is -2.14. The van der Waals surface area contributed by atoms with Crippen molar-refractivity contribution in [3.63, 3.8) is 0 Å². The van der Waals surface area contributed by atoms with Crippen molar-refractivity contribution in [3.8, 4) is 11.3 Å². The minimum absolute atomic E-state index is 0.0877. The molecule has 0 aliphatic rings. The first-order valence-electron chi connectivity index (χ1n) is 6.21. The Bertz CT molecular complexity index is 632. The van der Waals surface area contributed by atoms with E-state index in [1.54, 1.807) is 22.9 Å². The Morgan fingerprint density at radius 1 is 1.30 bits per heavy atom. The van der Waals surface area contributed by atoms with E-state index in [9.17, 15) is 4.79 Å². The average Bonchev–Trinajstić information content (AvgIpc) is 2.41. The molecule has 0 spiro atoms. The van der Waals surface area contributed by atoms with E-state index in [4.69, 9.17) is 22.4 Å². The fourth-order valence-corrected chi connectivity index (χ4v) is 2.08. The summed E-state index contributed by atoms with van der Waals surface area (Å²) in [4.78, 5) is 10.5. The van der Waals surface area contributed by atoms with Crippen LogP contribution in [0.5, 0.6) is 0 Å². The number of nitrogens with two attached hydrogens (primary N) is 1. The lowest BCUT2D eigenvalue weighted by molar-refractivity contribution is -0.739. The molecule has 0 fully saturated rings. The highest BCUT2D eigenvalue weighted by atomic mass is 35.5. The van der Waals surface area contributed by atoms with Crippen LogP contribution < -0.4 is 10.4 Å². The zero-order chi connectivity index (χ0) is 14.5. The largest absolute Gasteiger partial charge is 0.481 e. The van der Waals surface area contributed by atoms with Crippen molar-refractivity contribution >= 4 is 23.4 Å². The zero-order valence-corrected chi connectivity index (χ0v) is 11.5. The van der Waals surface area contributed by atoms with E-state index in [0.29, 0.717) is 29.5 Å². The minimum atomic E-state index is -0.827. The van der Waals surface area contributed by atoms with E-state index >= 15 is 0 Å². The summed E-state index contributed by atoms with van der Waals surface area (Å²) in [5.41, 5.74) is 7.37. The number of rotatable bonds is 5. The van der Waals surface area contributed by atoms with Crippen LogP contribution in [0.25, 0.3) is 11.3 Å². The van der Waals surface area contributed by atoms with Crippen molar-refractivity contribution in [3.05, 3.63) is 41.4 Å². The minimum Gasteiger partial charge on any atom is -0.481 e. The third kappa shape index (κ3) is 3.45. The van der Waals surface area contributed by atoms with Crippen molar-refractivity contribution in [2.75, 3.05) is 5.73 Å². The number of nitrogens with zero attached hydrogens (tertiary/aromatic N) is 2. The summed E-state index contributed by atoms with van der Waals surface area (Å²) in [5, 5.41) is 13.7. The molecule has 6 heteroatoms. The molecule has 2 aromatic rings. The number of nitrogen functional groups attached to an aromatic ring is 1. The number of hydrogen-bond donors (Lipinski definition) is 2. The molecule has 5 nitrogen and oxygen atoms in total. The number of anilines is 1. The number of halogens is 1. The lowest BCUT2D eigenvalue weighted by Gasteiger charge is -2.05. The smallest absolute Gasteiger partial charge is 0.303 e. The lowest BCUT2D eigenvalue weighted by Crippen LogP contribution is -2.41. The molecule has 0 saturated carbocycles. The van der Waals surface area contributed by atoms with Crippen LogP contribution in [0.4, 0.5) is 5.82 Å². The number of aliphatic carboxylic acids is 1. The van der Waals surface area contributed by atoms with Gasteiger partial charge in [-0.2, -0.15) is 0 Å². The van der Waals surface area contributed by atoms with Gasteiger partial charge in [0.25, 0.3) is 5.82 Å². The van der Waals surface area contributed by atoms with E-state index in [1.807, 2.05) is 18.2 Å². The van der Waals surface area contributed by atoms with Crippen molar-refractivity contribution in [1.29, 1.82) is 0 Å². The van der Waals surface area contributed by atoms with Gasteiger partial charge in [-0.25, -0.2) is 0 Å². The number of benzene rings is 1. The average molecular weight is 293 g/mol. The fraction of sp³-hybridized carbons (Fsp3) is 0.214. The van der Waals surface area contributed by atoms with Gasteiger partial charge in [-0.3, -0.25) is 10.5 Å². The number of hydrogen-bond acceptors (Lipinski definition) is 3. The van der Waals surface area contributed by atoms with Gasteiger partial charge < -0.3 is 5.11 Å². The lowest BCUT2D eigenvalue weighted by atomic mass is 10.1. The number of carboxylic acids is 1. The van der Waals surface area contributed by atoms with Gasteiger partial charge in [0.15, 0.2) is 0 Å². The van der Waals surface area contributed by atoms with Gasteiger partial charge in [-0.15, -0.1) is 4.68 Å². The maximum absolute atomic E-state index is 10.5. The van der Waals surface area contributed by atoms with Gasteiger partial charge in [-0.1, -0.05) is 34.9 Å². The van der Waals surface area contributed by atoms with Crippen molar-refractivity contribution in [2.45, 2.75) is 19.4 Å². The molecule has 0 bridgehead atoms. The summed E-state index contributed by atoms with van der Waals surface area (Å²) in [6.07, 6.45) is 0.563. The molecule has 20 heavy (non-hydrogen) atoms. The Morgan fingerprint density at radius 3 is 2.75 bits per heavy atom. The molecule has 2 rings (SSSR count). The molecule has 0 atom stereocenters. The molecule has 0 unspecified atom stereocenters. The third-order valence-electron chi connectivity index (χ3n) is 2.85. The van der Waals surface area contributed by atoms with Gasteiger partial charge in [0.05, 0.1) is 5.02 Å². The SMILES string of the molecule is Nc1ccc(-c2ccccc2Cl)n[n+]1CCCC(=O)O. The van der Waals surface area contributed by atoms with E-state index in [0.717, 1.165) is 5.56 Å². The Labute approximate surface area is 121 Å². The number of carbonyl (C=O) groups is 1. The van der Waals surface area contributed by atoms with Crippen LogP contribution >= 0.6 is 11.6 Å². The highest BCUT2D eigenvalue weighted by Crippen LogP contribution is 2.25. The van der Waals surface area contributed by atoms with Crippen molar-refractivity contribution in [1.82, 2.24) is 5.10 Å². The van der Waals surface area contributed by atoms with Crippen molar-refractivity contribution < 1.29 is 14.6 Å². The molecule has 0 amide bonds. The van der Waals surface area contributed by atoms with Crippen LogP contribution in [0.1, 0.15) is 12.8 Å². The summed E-state index contributed by atoms with van der Waals surface area (Å²) in [6.45, 7) is 0.455. The monoisotopic (exact) mass is 292 g/mol. The van der Waals surface area contributed by atoms with Gasteiger partial charge in [-0.05, 0) is 18.6 Å². The van der Waals surface area contributed by atoms with Gasteiger partial charge in [0.1, 0.15) is 12.2 Å². The quantitative estimate of drug-likeness (QED) is 0.827. The highest BCUT2D eigenvalue weighted by molar-refractivity contribution is 6.33. The first-order valence-corrected chi connectivity index (χ1v) is 6.59. The zero-order valence-electron chi connectivity index (χ0n) is 10.8.